The summed E-state index contributed by atoms with van der Waals surface area (Å²) in [5, 5.41) is 6.34. The van der Waals surface area contributed by atoms with Crippen LogP contribution in [0.15, 0.2) is 4.52 Å². The number of nitrogens with one attached hydrogen (secondary N) is 2. The first-order valence-corrected chi connectivity index (χ1v) is 7.11. The van der Waals surface area contributed by atoms with Gasteiger partial charge in [-0.15, -0.1) is 0 Å². The fourth-order valence-electron chi connectivity index (χ4n) is 1.78. The average Bonchev–Trinajstić information content (AvgIpc) is 2.74. The molecule has 0 spiro atoms. The fourth-order valence-corrected chi connectivity index (χ4v) is 3.16. The van der Waals surface area contributed by atoms with Gasteiger partial charge in [-0.2, -0.15) is 4.98 Å². The lowest BCUT2D eigenvalue weighted by molar-refractivity contribution is 0.386. The zero-order chi connectivity index (χ0) is 12.3. The highest BCUT2D eigenvalue weighted by Crippen LogP contribution is 2.10. The Hall–Kier alpha value is -0.990. The molecule has 1 aromatic rings. The predicted octanol–water partition coefficient (Wildman–Crippen LogP) is -0.451. The molecule has 1 unspecified atom stereocenters. The van der Waals surface area contributed by atoms with Crippen molar-refractivity contribution >= 4 is 10.0 Å². The number of sulfonamides is 1. The van der Waals surface area contributed by atoms with Crippen molar-refractivity contribution in [3.8, 4) is 0 Å². The number of rotatable bonds is 4. The fraction of sp³-hybridized carbons (Fsp3) is 0.778. The maximum Gasteiger partial charge on any atom is 0.223 e. The van der Waals surface area contributed by atoms with Crippen molar-refractivity contribution in [1.29, 1.82) is 0 Å². The van der Waals surface area contributed by atoms with Gasteiger partial charge in [-0.1, -0.05) is 5.16 Å². The summed E-state index contributed by atoms with van der Waals surface area (Å²) < 4.78 is 31.1. The monoisotopic (exact) mass is 260 g/mol. The van der Waals surface area contributed by atoms with Gasteiger partial charge in [0.15, 0.2) is 5.82 Å². The summed E-state index contributed by atoms with van der Waals surface area (Å²) in [7, 11) is -3.31. The maximum absolute atomic E-state index is 11.9. The molecule has 7 nitrogen and oxygen atoms in total. The highest BCUT2D eigenvalue weighted by molar-refractivity contribution is 7.90. The molecule has 0 saturated carbocycles. The van der Waals surface area contributed by atoms with Gasteiger partial charge in [0.25, 0.3) is 0 Å². The van der Waals surface area contributed by atoms with Crippen LogP contribution in [0.25, 0.3) is 0 Å². The molecule has 0 bridgehead atoms. The lowest BCUT2D eigenvalue weighted by atomic mass is 10.2. The van der Waals surface area contributed by atoms with E-state index in [0.717, 1.165) is 13.0 Å². The van der Waals surface area contributed by atoms with Crippen molar-refractivity contribution in [3.05, 3.63) is 11.7 Å². The van der Waals surface area contributed by atoms with Crippen LogP contribution in [0.4, 0.5) is 0 Å². The molecule has 0 aliphatic carbocycles. The lowest BCUT2D eigenvalue weighted by Gasteiger charge is -2.22. The normalized spacial score (nSPS) is 21.6. The molecular weight excluding hydrogens is 244 g/mol. The minimum Gasteiger partial charge on any atom is -0.340 e. The number of aryl methyl sites for hydroxylation is 1. The van der Waals surface area contributed by atoms with Gasteiger partial charge in [0.1, 0.15) is 0 Å². The van der Waals surface area contributed by atoms with Crippen molar-refractivity contribution in [2.24, 2.45) is 0 Å². The van der Waals surface area contributed by atoms with E-state index in [9.17, 15) is 8.42 Å². The van der Waals surface area contributed by atoms with Crippen molar-refractivity contribution in [1.82, 2.24) is 20.2 Å². The van der Waals surface area contributed by atoms with E-state index in [0.29, 0.717) is 24.7 Å². The summed E-state index contributed by atoms with van der Waals surface area (Å²) in [6.45, 7) is 3.13. The van der Waals surface area contributed by atoms with Crippen molar-refractivity contribution < 1.29 is 12.9 Å². The van der Waals surface area contributed by atoms with Gasteiger partial charge < -0.3 is 9.84 Å². The third-order valence-corrected chi connectivity index (χ3v) is 4.52. The Kier molecular flexibility index (Phi) is 3.75. The van der Waals surface area contributed by atoms with E-state index in [4.69, 9.17) is 4.52 Å². The second-order valence-corrected chi connectivity index (χ2v) is 6.11. The number of aromatic nitrogens is 2. The second-order valence-electron chi connectivity index (χ2n) is 4.06. The van der Waals surface area contributed by atoms with Crippen LogP contribution in [0.3, 0.4) is 0 Å². The molecule has 1 aliphatic rings. The SMILES string of the molecule is Cc1nc(CNS(=O)(=O)C2CCCNC2)no1. The zero-order valence-corrected chi connectivity index (χ0v) is 10.5. The largest absolute Gasteiger partial charge is 0.340 e. The Labute approximate surface area is 100 Å². The van der Waals surface area contributed by atoms with Gasteiger partial charge in [0.2, 0.25) is 15.9 Å². The van der Waals surface area contributed by atoms with Crippen LogP contribution in [0.1, 0.15) is 24.6 Å². The third-order valence-electron chi connectivity index (χ3n) is 2.69. The molecule has 17 heavy (non-hydrogen) atoms. The summed E-state index contributed by atoms with van der Waals surface area (Å²) in [4.78, 5) is 3.94. The van der Waals surface area contributed by atoms with Crippen LogP contribution in [0.2, 0.25) is 0 Å². The van der Waals surface area contributed by atoms with E-state index in [-0.39, 0.29) is 11.8 Å². The number of hydrogen-bond donors (Lipinski definition) is 2. The van der Waals surface area contributed by atoms with Gasteiger partial charge in [0, 0.05) is 13.5 Å². The van der Waals surface area contributed by atoms with Crippen molar-refractivity contribution in [3.63, 3.8) is 0 Å². The highest BCUT2D eigenvalue weighted by Gasteiger charge is 2.27. The van der Waals surface area contributed by atoms with Crippen LogP contribution in [0, 0.1) is 6.92 Å². The minimum atomic E-state index is -3.31. The smallest absolute Gasteiger partial charge is 0.223 e. The average molecular weight is 260 g/mol. The number of hydrogen-bond acceptors (Lipinski definition) is 6. The van der Waals surface area contributed by atoms with Gasteiger partial charge >= 0.3 is 0 Å². The molecule has 1 aliphatic heterocycles. The summed E-state index contributed by atoms with van der Waals surface area (Å²) in [6.07, 6.45) is 1.57. The molecular formula is C9H16N4O3S. The minimum absolute atomic E-state index is 0.0795. The van der Waals surface area contributed by atoms with Crippen molar-refractivity contribution in [2.45, 2.75) is 31.6 Å². The Bertz CT molecular complexity index is 464. The van der Waals surface area contributed by atoms with E-state index < -0.39 is 10.0 Å². The Morgan fingerprint density at radius 3 is 3.00 bits per heavy atom. The number of piperidine rings is 1. The van der Waals surface area contributed by atoms with E-state index >= 15 is 0 Å². The van der Waals surface area contributed by atoms with Crippen LogP contribution < -0.4 is 10.0 Å². The molecule has 8 heteroatoms. The molecule has 2 N–H and O–H groups in total. The predicted molar refractivity (Wildman–Crippen MR) is 60.7 cm³/mol. The van der Waals surface area contributed by atoms with Crippen LogP contribution in [-0.4, -0.2) is 36.9 Å². The first-order valence-electron chi connectivity index (χ1n) is 5.56. The first-order chi connectivity index (χ1) is 8.08. The molecule has 1 aromatic heterocycles. The lowest BCUT2D eigenvalue weighted by Crippen LogP contribution is -2.44. The van der Waals surface area contributed by atoms with Gasteiger partial charge in [0.05, 0.1) is 11.8 Å². The van der Waals surface area contributed by atoms with Crippen molar-refractivity contribution in [2.75, 3.05) is 13.1 Å². The van der Waals surface area contributed by atoms with Gasteiger partial charge in [-0.05, 0) is 19.4 Å². The molecule has 2 heterocycles. The Morgan fingerprint density at radius 1 is 1.59 bits per heavy atom. The molecule has 1 atom stereocenters. The molecule has 2 rings (SSSR count). The van der Waals surface area contributed by atoms with E-state index in [1.165, 1.54) is 0 Å². The Balaban J connectivity index is 1.92. The van der Waals surface area contributed by atoms with E-state index in [1.54, 1.807) is 6.92 Å². The van der Waals surface area contributed by atoms with Gasteiger partial charge in [-0.3, -0.25) is 0 Å². The quantitative estimate of drug-likeness (QED) is 0.761. The second kappa shape index (κ2) is 5.11. The third kappa shape index (κ3) is 3.24. The first kappa shape index (κ1) is 12.5. The molecule has 1 saturated heterocycles. The molecule has 1 fully saturated rings. The topological polar surface area (TPSA) is 97.1 Å². The van der Waals surface area contributed by atoms with Crippen LogP contribution in [0.5, 0.6) is 0 Å². The van der Waals surface area contributed by atoms with E-state index in [1.807, 2.05) is 0 Å². The summed E-state index contributed by atoms with van der Waals surface area (Å²) in [6, 6.07) is 0. The van der Waals surface area contributed by atoms with E-state index in [2.05, 4.69) is 20.2 Å². The van der Waals surface area contributed by atoms with Crippen LogP contribution >= 0.6 is 0 Å². The standard InChI is InChI=1S/C9H16N4O3S/c1-7-12-9(13-16-7)6-11-17(14,15)8-3-2-4-10-5-8/h8,10-11H,2-6H2,1H3. The Morgan fingerprint density at radius 2 is 2.41 bits per heavy atom. The molecule has 0 radical (unpaired) electrons. The number of nitrogens with zero attached hydrogens (tertiary/aromatic N) is 2. The zero-order valence-electron chi connectivity index (χ0n) is 9.64. The summed E-state index contributed by atoms with van der Waals surface area (Å²) >= 11 is 0. The molecule has 0 aromatic carbocycles. The highest BCUT2D eigenvalue weighted by atomic mass is 32.2. The van der Waals surface area contributed by atoms with Crippen LogP contribution in [-0.2, 0) is 16.6 Å². The maximum atomic E-state index is 11.9. The summed E-state index contributed by atoms with van der Waals surface area (Å²) in [5.74, 6) is 0.786. The molecule has 0 amide bonds. The summed E-state index contributed by atoms with van der Waals surface area (Å²) in [5.41, 5.74) is 0. The molecule has 96 valence electrons. The van der Waals surface area contributed by atoms with Gasteiger partial charge in [-0.25, -0.2) is 13.1 Å².